The lowest BCUT2D eigenvalue weighted by atomic mass is 10.3. The van der Waals surface area contributed by atoms with Crippen LogP contribution in [0.3, 0.4) is 0 Å². The maximum Gasteiger partial charge on any atom is 0.389 e. The molecule has 6 heteroatoms. The largest absolute Gasteiger partial charge is 0.389 e. The summed E-state index contributed by atoms with van der Waals surface area (Å²) in [5, 5.41) is 14.0. The summed E-state index contributed by atoms with van der Waals surface area (Å²) in [7, 11) is 0. The Morgan fingerprint density at radius 1 is 1.75 bits per heavy atom. The highest BCUT2D eigenvalue weighted by molar-refractivity contribution is 5.14. The lowest BCUT2D eigenvalue weighted by Gasteiger charge is -2.23. The molecular weight excluding hydrogens is 162 g/mol. The van der Waals surface area contributed by atoms with Crippen molar-refractivity contribution in [2.75, 3.05) is 13.2 Å². The average molecular weight is 169 g/mol. The first-order chi connectivity index (χ1) is 5.77. The number of hydrogen-bond donors (Lipinski definition) is 0. The van der Waals surface area contributed by atoms with Crippen molar-refractivity contribution >= 4 is 5.82 Å². The Hall–Kier alpha value is -1.43. The highest BCUT2D eigenvalue weighted by Gasteiger charge is 2.25. The van der Waals surface area contributed by atoms with Crippen LogP contribution in [0.15, 0.2) is 12.3 Å². The van der Waals surface area contributed by atoms with E-state index in [-0.39, 0.29) is 11.9 Å². The molecular formula is C6H7N3O3. The molecule has 6 nitrogen and oxygen atoms in total. The number of rotatable bonds is 2. The fourth-order valence-electron chi connectivity index (χ4n) is 1.00. The normalized spacial score (nSPS) is 17.3. The summed E-state index contributed by atoms with van der Waals surface area (Å²) in [6.45, 7) is 1.19. The fraction of sp³-hybridized carbons (Fsp3) is 0.500. The SMILES string of the molecule is O=[N+]([O-])c1ccn(C2COC2)n1. The van der Waals surface area contributed by atoms with E-state index in [1.807, 2.05) is 0 Å². The summed E-state index contributed by atoms with van der Waals surface area (Å²) in [6.07, 6.45) is 1.60. The van der Waals surface area contributed by atoms with Crippen LogP contribution in [0.1, 0.15) is 6.04 Å². The lowest BCUT2D eigenvalue weighted by molar-refractivity contribution is -0.389. The van der Waals surface area contributed by atoms with Gasteiger partial charge < -0.3 is 14.9 Å². The average Bonchev–Trinajstić information content (AvgIpc) is 2.32. The van der Waals surface area contributed by atoms with Gasteiger partial charge >= 0.3 is 5.82 Å². The summed E-state index contributed by atoms with van der Waals surface area (Å²) >= 11 is 0. The maximum atomic E-state index is 10.2. The van der Waals surface area contributed by atoms with Crippen LogP contribution in [-0.4, -0.2) is 27.9 Å². The van der Waals surface area contributed by atoms with Crippen LogP contribution in [0.4, 0.5) is 5.82 Å². The van der Waals surface area contributed by atoms with Crippen LogP contribution in [-0.2, 0) is 4.74 Å². The molecule has 12 heavy (non-hydrogen) atoms. The second-order valence-electron chi connectivity index (χ2n) is 2.60. The highest BCUT2D eigenvalue weighted by atomic mass is 16.6. The van der Waals surface area contributed by atoms with Gasteiger partial charge in [-0.05, 0) is 4.92 Å². The molecule has 0 atom stereocenters. The zero-order valence-corrected chi connectivity index (χ0v) is 6.21. The first-order valence-electron chi connectivity index (χ1n) is 3.54. The molecule has 0 spiro atoms. The number of aromatic nitrogens is 2. The summed E-state index contributed by atoms with van der Waals surface area (Å²) in [5.74, 6) is -0.109. The van der Waals surface area contributed by atoms with E-state index in [0.717, 1.165) is 0 Å². The molecule has 2 heterocycles. The van der Waals surface area contributed by atoms with E-state index in [9.17, 15) is 10.1 Å². The number of nitrogens with zero attached hydrogens (tertiary/aromatic N) is 3. The highest BCUT2D eigenvalue weighted by Crippen LogP contribution is 2.17. The Balaban J connectivity index is 2.17. The van der Waals surface area contributed by atoms with Gasteiger partial charge in [-0.2, -0.15) is 4.68 Å². The van der Waals surface area contributed by atoms with Crippen molar-refractivity contribution in [2.24, 2.45) is 0 Å². The molecule has 0 amide bonds. The summed E-state index contributed by atoms with van der Waals surface area (Å²) in [5.41, 5.74) is 0. The molecule has 0 aromatic carbocycles. The van der Waals surface area contributed by atoms with Crippen molar-refractivity contribution in [3.8, 4) is 0 Å². The van der Waals surface area contributed by atoms with Crippen molar-refractivity contribution < 1.29 is 9.66 Å². The Labute approximate surface area is 67.9 Å². The Kier molecular flexibility index (Phi) is 1.54. The van der Waals surface area contributed by atoms with Crippen LogP contribution in [0.5, 0.6) is 0 Å². The molecule has 0 aliphatic carbocycles. The minimum atomic E-state index is -0.504. The predicted molar refractivity (Wildman–Crippen MR) is 38.7 cm³/mol. The zero-order chi connectivity index (χ0) is 8.55. The van der Waals surface area contributed by atoms with E-state index in [2.05, 4.69) is 5.10 Å². The van der Waals surface area contributed by atoms with Gasteiger partial charge in [0.2, 0.25) is 0 Å². The first-order valence-corrected chi connectivity index (χ1v) is 3.54. The Morgan fingerprint density at radius 3 is 2.92 bits per heavy atom. The van der Waals surface area contributed by atoms with Crippen LogP contribution in [0, 0.1) is 10.1 Å². The standard InChI is InChI=1S/C6H7N3O3/c10-9(11)6-1-2-8(7-6)5-3-12-4-5/h1-2,5H,3-4H2. The lowest BCUT2D eigenvalue weighted by Crippen LogP contribution is -2.30. The zero-order valence-electron chi connectivity index (χ0n) is 6.21. The molecule has 1 fully saturated rings. The molecule has 0 unspecified atom stereocenters. The van der Waals surface area contributed by atoms with Crippen LogP contribution in [0.2, 0.25) is 0 Å². The number of nitro groups is 1. The minimum absolute atomic E-state index is 0.109. The van der Waals surface area contributed by atoms with Crippen LogP contribution < -0.4 is 0 Å². The van der Waals surface area contributed by atoms with Gasteiger partial charge in [-0.1, -0.05) is 0 Å². The van der Waals surface area contributed by atoms with E-state index in [1.165, 1.54) is 6.07 Å². The topological polar surface area (TPSA) is 70.2 Å². The molecule has 0 saturated carbocycles. The third-order valence-electron chi connectivity index (χ3n) is 1.78. The molecule has 1 saturated heterocycles. The van der Waals surface area contributed by atoms with Gasteiger partial charge in [0.25, 0.3) is 0 Å². The summed E-state index contributed by atoms with van der Waals surface area (Å²) in [6, 6.07) is 1.57. The molecule has 64 valence electrons. The molecule has 0 bridgehead atoms. The van der Waals surface area contributed by atoms with Gasteiger partial charge in [0.1, 0.15) is 6.04 Å². The number of ether oxygens (including phenoxy) is 1. The van der Waals surface area contributed by atoms with Crippen molar-refractivity contribution in [1.82, 2.24) is 9.78 Å². The second-order valence-corrected chi connectivity index (χ2v) is 2.60. The van der Waals surface area contributed by atoms with Gasteiger partial charge in [-0.25, -0.2) is 0 Å². The van der Waals surface area contributed by atoms with Gasteiger partial charge in [0, 0.05) is 0 Å². The molecule has 1 aliphatic rings. The molecule has 1 aliphatic heterocycles. The predicted octanol–water partition coefficient (Wildman–Crippen LogP) is 0.363. The van der Waals surface area contributed by atoms with Crippen molar-refractivity contribution in [2.45, 2.75) is 6.04 Å². The maximum absolute atomic E-state index is 10.2. The molecule has 0 N–H and O–H groups in total. The summed E-state index contributed by atoms with van der Waals surface area (Å²) < 4.78 is 6.50. The van der Waals surface area contributed by atoms with Crippen LogP contribution >= 0.6 is 0 Å². The van der Waals surface area contributed by atoms with E-state index < -0.39 is 4.92 Å². The van der Waals surface area contributed by atoms with Gasteiger partial charge in [0.05, 0.1) is 30.6 Å². The smallest absolute Gasteiger partial charge is 0.377 e. The van der Waals surface area contributed by atoms with Crippen molar-refractivity contribution in [3.63, 3.8) is 0 Å². The molecule has 1 aromatic rings. The third kappa shape index (κ3) is 1.06. The van der Waals surface area contributed by atoms with Gasteiger partial charge in [-0.15, -0.1) is 0 Å². The van der Waals surface area contributed by atoms with E-state index in [0.29, 0.717) is 13.2 Å². The molecule has 0 radical (unpaired) electrons. The quantitative estimate of drug-likeness (QED) is 0.473. The van der Waals surface area contributed by atoms with Crippen molar-refractivity contribution in [1.29, 1.82) is 0 Å². The second kappa shape index (κ2) is 2.56. The number of hydrogen-bond acceptors (Lipinski definition) is 4. The van der Waals surface area contributed by atoms with E-state index >= 15 is 0 Å². The fourth-order valence-corrected chi connectivity index (χ4v) is 1.00. The van der Waals surface area contributed by atoms with Crippen molar-refractivity contribution in [3.05, 3.63) is 22.4 Å². The Morgan fingerprint density at radius 2 is 2.50 bits per heavy atom. The van der Waals surface area contributed by atoms with E-state index in [4.69, 9.17) is 4.74 Å². The molecule has 2 rings (SSSR count). The van der Waals surface area contributed by atoms with Crippen LogP contribution in [0.25, 0.3) is 0 Å². The third-order valence-corrected chi connectivity index (χ3v) is 1.78. The first kappa shape index (κ1) is 7.23. The monoisotopic (exact) mass is 169 g/mol. The van der Waals surface area contributed by atoms with Gasteiger partial charge in [0.15, 0.2) is 0 Å². The molecule has 1 aromatic heterocycles. The Bertz CT molecular complexity index is 305. The summed E-state index contributed by atoms with van der Waals surface area (Å²) in [4.78, 5) is 9.74. The minimum Gasteiger partial charge on any atom is -0.377 e. The van der Waals surface area contributed by atoms with E-state index in [1.54, 1.807) is 10.9 Å². The van der Waals surface area contributed by atoms with Gasteiger partial charge in [-0.3, -0.25) is 0 Å².